The number of aryl methyl sites for hydroxylation is 2. The second-order valence-corrected chi connectivity index (χ2v) is 7.59. The second kappa shape index (κ2) is 7.88. The van der Waals surface area contributed by atoms with Crippen LogP contribution in [0.15, 0.2) is 30.6 Å². The standard InChI is InChI=1S/C19H22N4O2S.ClH/c1-12-14-10-13(25-3)4-5-16(14)26-17(12)19(24)23-9-6-20-11-15(23)18-21-7-8-22(18)2;/h4-5,7-8,10,15,20H,6,9,11H2,1-3H3;1H. The zero-order chi connectivity index (χ0) is 18.3. The van der Waals surface area contributed by atoms with Gasteiger partial charge < -0.3 is 19.5 Å². The lowest BCUT2D eigenvalue weighted by molar-refractivity contribution is 0.0625. The number of aromatic nitrogens is 2. The van der Waals surface area contributed by atoms with Gasteiger partial charge in [0.15, 0.2) is 0 Å². The van der Waals surface area contributed by atoms with Crippen molar-refractivity contribution >= 4 is 39.7 Å². The van der Waals surface area contributed by atoms with Crippen LogP contribution in [0.3, 0.4) is 0 Å². The summed E-state index contributed by atoms with van der Waals surface area (Å²) in [6.07, 6.45) is 3.70. The number of rotatable bonds is 3. The summed E-state index contributed by atoms with van der Waals surface area (Å²) in [5, 5.41) is 4.47. The predicted molar refractivity (Wildman–Crippen MR) is 110 cm³/mol. The minimum Gasteiger partial charge on any atom is -0.497 e. The lowest BCUT2D eigenvalue weighted by atomic mass is 10.1. The van der Waals surface area contributed by atoms with Gasteiger partial charge in [-0.1, -0.05) is 0 Å². The first kappa shape index (κ1) is 19.7. The minimum atomic E-state index is -0.0598. The maximum Gasteiger partial charge on any atom is 0.264 e. The van der Waals surface area contributed by atoms with E-state index in [1.165, 1.54) is 0 Å². The van der Waals surface area contributed by atoms with Crippen molar-refractivity contribution in [2.45, 2.75) is 13.0 Å². The highest BCUT2D eigenvalue weighted by molar-refractivity contribution is 7.21. The van der Waals surface area contributed by atoms with E-state index < -0.39 is 0 Å². The quantitative estimate of drug-likeness (QED) is 0.725. The Balaban J connectivity index is 0.00000210. The van der Waals surface area contributed by atoms with Gasteiger partial charge in [-0.3, -0.25) is 4.79 Å². The molecule has 8 heteroatoms. The molecule has 6 nitrogen and oxygen atoms in total. The molecule has 1 aliphatic heterocycles. The van der Waals surface area contributed by atoms with Crippen LogP contribution >= 0.6 is 23.7 Å². The van der Waals surface area contributed by atoms with Crippen LogP contribution in [0.2, 0.25) is 0 Å². The molecule has 1 aromatic carbocycles. The molecule has 1 saturated heterocycles. The van der Waals surface area contributed by atoms with Crippen molar-refractivity contribution in [3.63, 3.8) is 0 Å². The number of halogens is 1. The molecule has 4 rings (SSSR count). The molecule has 0 aliphatic carbocycles. The number of benzene rings is 1. The molecule has 27 heavy (non-hydrogen) atoms. The molecule has 1 fully saturated rings. The highest BCUT2D eigenvalue weighted by Gasteiger charge is 2.32. The summed E-state index contributed by atoms with van der Waals surface area (Å²) >= 11 is 1.55. The van der Waals surface area contributed by atoms with Crippen LogP contribution in [-0.4, -0.2) is 47.1 Å². The minimum absolute atomic E-state index is 0. The Labute approximate surface area is 168 Å². The third-order valence-electron chi connectivity index (χ3n) is 5.00. The van der Waals surface area contributed by atoms with Crippen molar-refractivity contribution in [1.29, 1.82) is 0 Å². The Kier molecular flexibility index (Phi) is 5.74. The number of nitrogens with zero attached hydrogens (tertiary/aromatic N) is 3. The van der Waals surface area contributed by atoms with Crippen molar-refractivity contribution in [3.8, 4) is 5.75 Å². The first-order chi connectivity index (χ1) is 12.6. The van der Waals surface area contributed by atoms with E-state index in [1.807, 2.05) is 47.8 Å². The summed E-state index contributed by atoms with van der Waals surface area (Å²) in [4.78, 5) is 20.6. The lowest BCUT2D eigenvalue weighted by Gasteiger charge is -2.35. The first-order valence-electron chi connectivity index (χ1n) is 8.66. The molecule has 3 heterocycles. The molecule has 0 radical (unpaired) electrons. The largest absolute Gasteiger partial charge is 0.497 e. The van der Waals surface area contributed by atoms with Crippen LogP contribution in [-0.2, 0) is 7.05 Å². The Morgan fingerprint density at radius 2 is 2.22 bits per heavy atom. The van der Waals surface area contributed by atoms with Gasteiger partial charge in [0, 0.05) is 43.8 Å². The number of carbonyl (C=O) groups excluding carboxylic acids is 1. The second-order valence-electron chi connectivity index (χ2n) is 6.53. The average molecular weight is 407 g/mol. The summed E-state index contributed by atoms with van der Waals surface area (Å²) in [6.45, 7) is 4.20. The van der Waals surface area contributed by atoms with Crippen molar-refractivity contribution < 1.29 is 9.53 Å². The number of hydrogen-bond acceptors (Lipinski definition) is 5. The molecule has 2 aromatic heterocycles. The van der Waals surface area contributed by atoms with Crippen molar-refractivity contribution in [2.24, 2.45) is 7.05 Å². The maximum absolute atomic E-state index is 13.4. The molecular formula is C19H23ClN4O2S. The van der Waals surface area contributed by atoms with Gasteiger partial charge in [0.1, 0.15) is 17.6 Å². The molecule has 1 N–H and O–H groups in total. The van der Waals surface area contributed by atoms with Crippen molar-refractivity contribution in [2.75, 3.05) is 26.7 Å². The number of ether oxygens (including phenoxy) is 1. The first-order valence-corrected chi connectivity index (χ1v) is 9.48. The van der Waals surface area contributed by atoms with Gasteiger partial charge >= 0.3 is 0 Å². The summed E-state index contributed by atoms with van der Waals surface area (Å²) in [5.41, 5.74) is 1.02. The van der Waals surface area contributed by atoms with Crippen LogP contribution in [0.5, 0.6) is 5.75 Å². The van der Waals surface area contributed by atoms with E-state index in [4.69, 9.17) is 4.74 Å². The topological polar surface area (TPSA) is 59.4 Å². The summed E-state index contributed by atoms with van der Waals surface area (Å²) in [7, 11) is 3.63. The number of hydrogen-bond donors (Lipinski definition) is 1. The summed E-state index contributed by atoms with van der Waals surface area (Å²) in [5.74, 6) is 1.80. The molecule has 0 bridgehead atoms. The fourth-order valence-electron chi connectivity index (χ4n) is 3.54. The number of thiophene rings is 1. The van der Waals surface area contributed by atoms with E-state index in [0.717, 1.165) is 38.6 Å². The zero-order valence-corrected chi connectivity index (χ0v) is 17.2. The van der Waals surface area contributed by atoms with E-state index in [1.54, 1.807) is 24.6 Å². The summed E-state index contributed by atoms with van der Waals surface area (Å²) in [6, 6.07) is 5.91. The van der Waals surface area contributed by atoms with Gasteiger partial charge in [0.05, 0.1) is 12.0 Å². The van der Waals surface area contributed by atoms with Crippen LogP contribution in [0.25, 0.3) is 10.1 Å². The number of imidazole rings is 1. The Bertz CT molecular complexity index is 968. The Hall–Kier alpha value is -2.09. The number of amides is 1. The monoisotopic (exact) mass is 406 g/mol. The third-order valence-corrected chi connectivity index (χ3v) is 6.26. The lowest BCUT2D eigenvalue weighted by Crippen LogP contribution is -2.49. The van der Waals surface area contributed by atoms with Gasteiger partial charge in [-0.15, -0.1) is 23.7 Å². The molecule has 0 saturated carbocycles. The number of methoxy groups -OCH3 is 1. The highest BCUT2D eigenvalue weighted by atomic mass is 35.5. The Morgan fingerprint density at radius 3 is 2.93 bits per heavy atom. The predicted octanol–water partition coefficient (Wildman–Crippen LogP) is 3.16. The van der Waals surface area contributed by atoms with E-state index in [2.05, 4.69) is 10.3 Å². The maximum atomic E-state index is 13.4. The molecule has 3 aromatic rings. The van der Waals surface area contributed by atoms with Gasteiger partial charge in [0.2, 0.25) is 0 Å². The van der Waals surface area contributed by atoms with E-state index in [-0.39, 0.29) is 24.4 Å². The van der Waals surface area contributed by atoms with Crippen molar-refractivity contribution in [1.82, 2.24) is 19.8 Å². The molecule has 0 spiro atoms. The number of fused-ring (bicyclic) bond motifs is 1. The molecule has 1 atom stereocenters. The number of nitrogens with one attached hydrogen (secondary N) is 1. The highest BCUT2D eigenvalue weighted by Crippen LogP contribution is 2.35. The fraction of sp³-hybridized carbons (Fsp3) is 0.368. The van der Waals surface area contributed by atoms with E-state index in [9.17, 15) is 4.79 Å². The molecule has 1 unspecified atom stereocenters. The van der Waals surface area contributed by atoms with E-state index >= 15 is 0 Å². The fourth-order valence-corrected chi connectivity index (χ4v) is 4.68. The molecule has 144 valence electrons. The molecule has 1 aliphatic rings. The number of piperazine rings is 1. The summed E-state index contributed by atoms with van der Waals surface area (Å²) < 4.78 is 8.43. The van der Waals surface area contributed by atoms with Gasteiger partial charge in [-0.25, -0.2) is 4.98 Å². The van der Waals surface area contributed by atoms with Gasteiger partial charge in [-0.05, 0) is 36.1 Å². The average Bonchev–Trinajstić information content (AvgIpc) is 3.24. The van der Waals surface area contributed by atoms with Crippen LogP contribution in [0.4, 0.5) is 0 Å². The van der Waals surface area contributed by atoms with Gasteiger partial charge in [0.25, 0.3) is 5.91 Å². The van der Waals surface area contributed by atoms with Crippen LogP contribution in [0.1, 0.15) is 27.1 Å². The SMILES string of the molecule is COc1ccc2sc(C(=O)N3CCNCC3c3nccn3C)c(C)c2c1.Cl. The third kappa shape index (κ3) is 3.42. The Morgan fingerprint density at radius 1 is 1.41 bits per heavy atom. The van der Waals surface area contributed by atoms with Crippen molar-refractivity contribution in [3.05, 3.63) is 46.9 Å². The smallest absolute Gasteiger partial charge is 0.264 e. The van der Waals surface area contributed by atoms with Gasteiger partial charge in [-0.2, -0.15) is 0 Å². The van der Waals surface area contributed by atoms with Crippen LogP contribution in [0, 0.1) is 6.92 Å². The molecule has 1 amide bonds. The zero-order valence-electron chi connectivity index (χ0n) is 15.6. The molecular weight excluding hydrogens is 384 g/mol. The van der Waals surface area contributed by atoms with E-state index in [0.29, 0.717) is 13.1 Å². The van der Waals surface area contributed by atoms with Crippen LogP contribution < -0.4 is 10.1 Å². The normalized spacial score (nSPS) is 17.0. The number of carbonyl (C=O) groups is 1.